The van der Waals surface area contributed by atoms with Gasteiger partial charge in [-0.25, -0.2) is 0 Å². The van der Waals surface area contributed by atoms with Crippen molar-refractivity contribution in [3.8, 4) is 0 Å². The first-order valence-corrected chi connectivity index (χ1v) is 9.31. The first-order chi connectivity index (χ1) is 10.7. The summed E-state index contributed by atoms with van der Waals surface area (Å²) in [6, 6.07) is 4.79. The summed E-state index contributed by atoms with van der Waals surface area (Å²) >= 11 is 1.71. The van der Waals surface area contributed by atoms with Gasteiger partial charge in [-0.3, -0.25) is 9.69 Å². The van der Waals surface area contributed by atoms with Crippen molar-refractivity contribution in [3.63, 3.8) is 0 Å². The zero-order valence-electron chi connectivity index (χ0n) is 13.5. The first-order valence-electron chi connectivity index (χ1n) is 8.43. The lowest BCUT2D eigenvalue weighted by Crippen LogP contribution is -2.46. The topological polar surface area (TPSA) is 35.6 Å². The standard InChI is InChI=1S/C17H27N3OS/c1-19(12-16-3-2-10-22-16)17(21)13-20-8-6-15(7-9-20)18-11-14-4-5-14/h2-3,10,14-15,18H,4-9,11-13H2,1H3. The van der Waals surface area contributed by atoms with E-state index < -0.39 is 0 Å². The van der Waals surface area contributed by atoms with Crippen LogP contribution in [0.2, 0.25) is 0 Å². The van der Waals surface area contributed by atoms with Crippen LogP contribution in [-0.2, 0) is 11.3 Å². The van der Waals surface area contributed by atoms with Crippen LogP contribution in [0.1, 0.15) is 30.6 Å². The summed E-state index contributed by atoms with van der Waals surface area (Å²) in [5, 5.41) is 5.75. The van der Waals surface area contributed by atoms with E-state index in [-0.39, 0.29) is 5.91 Å². The zero-order chi connectivity index (χ0) is 15.4. The SMILES string of the molecule is CN(Cc1cccs1)C(=O)CN1CCC(NCC2CC2)CC1. The Kier molecular flexibility index (Phi) is 5.50. The number of carbonyl (C=O) groups excluding carboxylic acids is 1. The number of likely N-dealkylation sites (N-methyl/N-ethyl adjacent to an activating group) is 1. The zero-order valence-corrected chi connectivity index (χ0v) is 14.3. The minimum Gasteiger partial charge on any atom is -0.340 e. The second kappa shape index (κ2) is 7.57. The van der Waals surface area contributed by atoms with Crippen molar-refractivity contribution in [3.05, 3.63) is 22.4 Å². The molecule has 1 aliphatic heterocycles. The predicted octanol–water partition coefficient (Wildman–Crippen LogP) is 2.17. The molecular formula is C17H27N3OS. The molecule has 22 heavy (non-hydrogen) atoms. The molecule has 2 heterocycles. The molecule has 2 fully saturated rings. The Morgan fingerprint density at radius 2 is 2.14 bits per heavy atom. The van der Waals surface area contributed by atoms with Gasteiger partial charge in [0.1, 0.15) is 0 Å². The van der Waals surface area contributed by atoms with E-state index in [0.717, 1.165) is 25.6 Å². The molecule has 3 rings (SSSR count). The number of likely N-dealkylation sites (tertiary alicyclic amines) is 1. The molecule has 1 saturated carbocycles. The highest BCUT2D eigenvalue weighted by atomic mass is 32.1. The number of nitrogens with zero attached hydrogens (tertiary/aromatic N) is 2. The molecule has 1 aromatic rings. The maximum absolute atomic E-state index is 12.3. The summed E-state index contributed by atoms with van der Waals surface area (Å²) in [7, 11) is 1.91. The molecule has 0 aromatic carbocycles. The third-order valence-corrected chi connectivity index (χ3v) is 5.60. The van der Waals surface area contributed by atoms with E-state index in [0.29, 0.717) is 12.6 Å². The van der Waals surface area contributed by atoms with E-state index in [1.54, 1.807) is 11.3 Å². The Morgan fingerprint density at radius 1 is 1.36 bits per heavy atom. The quantitative estimate of drug-likeness (QED) is 0.836. The van der Waals surface area contributed by atoms with Crippen molar-refractivity contribution < 1.29 is 4.79 Å². The van der Waals surface area contributed by atoms with Gasteiger partial charge in [-0.1, -0.05) is 6.07 Å². The number of carbonyl (C=O) groups is 1. The summed E-state index contributed by atoms with van der Waals surface area (Å²) in [5.74, 6) is 1.18. The minimum atomic E-state index is 0.234. The van der Waals surface area contributed by atoms with Gasteiger partial charge in [0.05, 0.1) is 13.1 Å². The highest BCUT2D eigenvalue weighted by Crippen LogP contribution is 2.28. The molecule has 2 aliphatic rings. The highest BCUT2D eigenvalue weighted by Gasteiger charge is 2.25. The van der Waals surface area contributed by atoms with Crippen molar-refractivity contribution in [2.45, 2.75) is 38.3 Å². The van der Waals surface area contributed by atoms with Crippen molar-refractivity contribution >= 4 is 17.2 Å². The second-order valence-corrected chi connectivity index (χ2v) is 7.76. The smallest absolute Gasteiger partial charge is 0.236 e. The molecule has 0 unspecified atom stereocenters. The van der Waals surface area contributed by atoms with E-state index >= 15 is 0 Å². The van der Waals surface area contributed by atoms with Crippen molar-refractivity contribution in [2.24, 2.45) is 5.92 Å². The van der Waals surface area contributed by atoms with E-state index in [4.69, 9.17) is 0 Å². The molecule has 1 amide bonds. The van der Waals surface area contributed by atoms with Crippen LogP contribution in [0.5, 0.6) is 0 Å². The van der Waals surface area contributed by atoms with Crippen LogP contribution in [0.3, 0.4) is 0 Å². The molecule has 1 saturated heterocycles. The molecule has 0 spiro atoms. The normalized spacial score (nSPS) is 20.2. The predicted molar refractivity (Wildman–Crippen MR) is 91.0 cm³/mol. The van der Waals surface area contributed by atoms with Crippen LogP contribution in [0.15, 0.2) is 17.5 Å². The van der Waals surface area contributed by atoms with Crippen molar-refractivity contribution in [2.75, 3.05) is 33.2 Å². The van der Waals surface area contributed by atoms with Gasteiger partial charge in [-0.15, -0.1) is 11.3 Å². The number of thiophene rings is 1. The average Bonchev–Trinajstić information content (AvgIpc) is 3.22. The maximum Gasteiger partial charge on any atom is 0.236 e. The number of nitrogens with one attached hydrogen (secondary N) is 1. The molecule has 1 aliphatic carbocycles. The highest BCUT2D eigenvalue weighted by molar-refractivity contribution is 7.09. The number of hydrogen-bond donors (Lipinski definition) is 1. The van der Waals surface area contributed by atoms with Gasteiger partial charge in [0.2, 0.25) is 5.91 Å². The van der Waals surface area contributed by atoms with Crippen molar-refractivity contribution in [1.29, 1.82) is 0 Å². The van der Waals surface area contributed by atoms with Gasteiger partial charge in [0, 0.05) is 31.1 Å². The second-order valence-electron chi connectivity index (χ2n) is 6.73. The fraction of sp³-hybridized carbons (Fsp3) is 0.706. The fourth-order valence-electron chi connectivity index (χ4n) is 2.99. The van der Waals surface area contributed by atoms with Gasteiger partial charge >= 0.3 is 0 Å². The molecule has 0 atom stereocenters. The van der Waals surface area contributed by atoms with Crippen LogP contribution in [0.4, 0.5) is 0 Å². The number of amides is 1. The minimum absolute atomic E-state index is 0.234. The summed E-state index contributed by atoms with van der Waals surface area (Å²) in [6.45, 7) is 4.59. The van der Waals surface area contributed by atoms with E-state index in [1.165, 1.54) is 37.1 Å². The Morgan fingerprint density at radius 3 is 2.77 bits per heavy atom. The maximum atomic E-state index is 12.3. The van der Waals surface area contributed by atoms with E-state index in [9.17, 15) is 4.79 Å². The van der Waals surface area contributed by atoms with Crippen LogP contribution in [-0.4, -0.2) is 55.0 Å². The fourth-order valence-corrected chi connectivity index (χ4v) is 3.74. The molecule has 4 nitrogen and oxygen atoms in total. The third-order valence-electron chi connectivity index (χ3n) is 4.74. The van der Waals surface area contributed by atoms with Gasteiger partial charge in [0.25, 0.3) is 0 Å². The van der Waals surface area contributed by atoms with Crippen molar-refractivity contribution in [1.82, 2.24) is 15.1 Å². The van der Waals surface area contributed by atoms with Gasteiger partial charge in [0.15, 0.2) is 0 Å². The largest absolute Gasteiger partial charge is 0.340 e. The number of hydrogen-bond acceptors (Lipinski definition) is 4. The lowest BCUT2D eigenvalue weighted by atomic mass is 10.0. The average molecular weight is 321 g/mol. The summed E-state index contributed by atoms with van der Waals surface area (Å²) < 4.78 is 0. The summed E-state index contributed by atoms with van der Waals surface area (Å²) in [5.41, 5.74) is 0. The van der Waals surface area contributed by atoms with Gasteiger partial charge in [-0.2, -0.15) is 0 Å². The Bertz CT molecular complexity index is 464. The number of piperidine rings is 1. The molecule has 122 valence electrons. The Labute approximate surface area is 137 Å². The van der Waals surface area contributed by atoms with E-state index in [1.807, 2.05) is 18.0 Å². The van der Waals surface area contributed by atoms with Crippen LogP contribution >= 0.6 is 11.3 Å². The molecule has 1 N–H and O–H groups in total. The lowest BCUT2D eigenvalue weighted by Gasteiger charge is -2.33. The van der Waals surface area contributed by atoms with Gasteiger partial charge in [-0.05, 0) is 49.6 Å². The molecule has 5 heteroatoms. The van der Waals surface area contributed by atoms with E-state index in [2.05, 4.69) is 21.7 Å². The molecular weight excluding hydrogens is 294 g/mol. The van der Waals surface area contributed by atoms with Crippen LogP contribution < -0.4 is 5.32 Å². The van der Waals surface area contributed by atoms with Crippen LogP contribution in [0.25, 0.3) is 0 Å². The lowest BCUT2D eigenvalue weighted by molar-refractivity contribution is -0.131. The third kappa shape index (κ3) is 4.80. The Hall–Kier alpha value is -0.910. The Balaban J connectivity index is 1.35. The molecule has 0 radical (unpaired) electrons. The summed E-state index contributed by atoms with van der Waals surface area (Å²) in [6.07, 6.45) is 5.18. The number of rotatable bonds is 7. The molecule has 0 bridgehead atoms. The van der Waals surface area contributed by atoms with Gasteiger partial charge < -0.3 is 10.2 Å². The molecule has 1 aromatic heterocycles. The summed E-state index contributed by atoms with van der Waals surface area (Å²) in [4.78, 5) is 17.7. The van der Waals surface area contributed by atoms with Crippen LogP contribution in [0, 0.1) is 5.92 Å². The monoisotopic (exact) mass is 321 g/mol. The first kappa shape index (κ1) is 16.0.